The van der Waals surface area contributed by atoms with Gasteiger partial charge < -0.3 is 14.8 Å². The van der Waals surface area contributed by atoms with Gasteiger partial charge in [0.05, 0.1) is 18.9 Å². The Balaban J connectivity index is 0.000000447. The lowest BCUT2D eigenvalue weighted by atomic mass is 9.92. The molecule has 0 radical (unpaired) electrons. The molecule has 2 rings (SSSR count). The quantitative estimate of drug-likeness (QED) is 0.104. The van der Waals surface area contributed by atoms with Crippen LogP contribution in [0.25, 0.3) is 0 Å². The van der Waals surface area contributed by atoms with Gasteiger partial charge in [-0.3, -0.25) is 29.6 Å². The minimum atomic E-state index is -0.695. The number of nitrogens with one attached hydrogen (secondary N) is 3. The third kappa shape index (κ3) is 17.0. The van der Waals surface area contributed by atoms with Crippen LogP contribution in [0.1, 0.15) is 64.5 Å². The second-order valence-electron chi connectivity index (χ2n) is 11.1. The smallest absolute Gasteiger partial charge is 0.407 e. The fourth-order valence-corrected chi connectivity index (χ4v) is 4.18. The lowest BCUT2D eigenvalue weighted by Crippen LogP contribution is -2.35. The van der Waals surface area contributed by atoms with Gasteiger partial charge in [-0.15, -0.1) is 0 Å². The van der Waals surface area contributed by atoms with Gasteiger partial charge in [-0.25, -0.2) is 15.8 Å². The van der Waals surface area contributed by atoms with Gasteiger partial charge in [-0.05, 0) is 35.8 Å². The number of hydrogen-bond donors (Lipinski definition) is 5. The molecule has 0 bridgehead atoms. The fraction of sp³-hybridized carbons (Fsp3) is 0.469. The van der Waals surface area contributed by atoms with E-state index in [0.717, 1.165) is 11.1 Å². The predicted octanol–water partition coefficient (Wildman–Crippen LogP) is 4.33. The number of hydrogen-bond acceptors (Lipinski definition) is 9. The summed E-state index contributed by atoms with van der Waals surface area (Å²) in [6.45, 7) is 7.82. The van der Waals surface area contributed by atoms with Gasteiger partial charge in [-0.2, -0.15) is 0 Å². The number of ketones is 1. The molecule has 0 saturated heterocycles. The molecule has 0 aromatic heterocycles. The van der Waals surface area contributed by atoms with Gasteiger partial charge in [-0.1, -0.05) is 88.4 Å². The van der Waals surface area contributed by atoms with E-state index in [4.69, 9.17) is 19.9 Å². The standard InChI is InChI=1S/C17H24N2O5.C15H21NO4/c1-12(2)8-14(16(21)19-23)9-15(20)10-18-17(22)24-11-13-6-4-3-5-7-13;1-11(2)8-13(15(18)16-19)9-14(17)20-10-12-6-4-3-5-7-12/h3-7,12,14,23H,8-11H2,1-2H3,(H,18,22)(H,19,21);3-7,11,13,19H,8-10H2,1-2H3,(H,16,18)/t14-;13-/m00/s1. The summed E-state index contributed by atoms with van der Waals surface area (Å²) in [5, 5.41) is 19.8. The van der Waals surface area contributed by atoms with E-state index in [-0.39, 0.29) is 50.2 Å². The van der Waals surface area contributed by atoms with Gasteiger partial charge in [0.25, 0.3) is 0 Å². The van der Waals surface area contributed by atoms with Crippen molar-refractivity contribution in [3.8, 4) is 0 Å². The van der Waals surface area contributed by atoms with Gasteiger partial charge in [0, 0.05) is 12.3 Å². The molecule has 0 aliphatic rings. The highest BCUT2D eigenvalue weighted by Crippen LogP contribution is 2.17. The normalized spacial score (nSPS) is 11.8. The van der Waals surface area contributed by atoms with E-state index >= 15 is 0 Å². The van der Waals surface area contributed by atoms with Crippen molar-refractivity contribution in [3.05, 3.63) is 71.8 Å². The van der Waals surface area contributed by atoms with E-state index in [1.54, 1.807) is 11.0 Å². The Hall–Kier alpha value is -4.29. The Bertz CT molecular complexity index is 1160. The van der Waals surface area contributed by atoms with E-state index in [0.29, 0.717) is 12.8 Å². The molecule has 0 aliphatic heterocycles. The molecule has 5 N–H and O–H groups in total. The molecule has 3 amide bonds. The Morgan fingerprint density at radius 3 is 1.52 bits per heavy atom. The highest BCUT2D eigenvalue weighted by atomic mass is 16.5. The van der Waals surface area contributed by atoms with Crippen LogP contribution < -0.4 is 16.3 Å². The molecular weight excluding hydrogens is 570 g/mol. The number of alkyl carbamates (subject to hydrolysis) is 1. The molecule has 44 heavy (non-hydrogen) atoms. The van der Waals surface area contributed by atoms with Crippen molar-refractivity contribution < 1.29 is 43.9 Å². The first kappa shape index (κ1) is 37.7. The van der Waals surface area contributed by atoms with Gasteiger partial charge in [0.1, 0.15) is 13.2 Å². The number of amides is 3. The first-order chi connectivity index (χ1) is 20.9. The van der Waals surface area contributed by atoms with Crippen molar-refractivity contribution in [1.82, 2.24) is 16.3 Å². The van der Waals surface area contributed by atoms with E-state index < -0.39 is 35.7 Å². The number of Topliss-reactive ketones (excluding diaryl/α,β-unsaturated/α-hetero) is 1. The highest BCUT2D eigenvalue weighted by Gasteiger charge is 2.24. The minimum absolute atomic E-state index is 0.0304. The molecule has 0 fully saturated rings. The molecule has 2 atom stereocenters. The maximum Gasteiger partial charge on any atom is 0.407 e. The summed E-state index contributed by atoms with van der Waals surface area (Å²) in [6.07, 6.45) is 0.212. The van der Waals surface area contributed by atoms with Crippen LogP contribution >= 0.6 is 0 Å². The molecular formula is C32H45N3O9. The first-order valence-electron chi connectivity index (χ1n) is 14.5. The maximum atomic E-state index is 11.9. The van der Waals surface area contributed by atoms with Gasteiger partial charge >= 0.3 is 12.1 Å². The summed E-state index contributed by atoms with van der Waals surface area (Å²) < 4.78 is 10.1. The molecule has 12 heteroatoms. The average Bonchev–Trinajstić information content (AvgIpc) is 3.01. The maximum absolute atomic E-state index is 11.9. The van der Waals surface area contributed by atoms with E-state index in [9.17, 15) is 24.0 Å². The van der Waals surface area contributed by atoms with Gasteiger partial charge in [0.15, 0.2) is 5.78 Å². The van der Waals surface area contributed by atoms with Gasteiger partial charge in [0.2, 0.25) is 11.8 Å². The van der Waals surface area contributed by atoms with Crippen LogP contribution in [0.15, 0.2) is 60.7 Å². The second-order valence-corrected chi connectivity index (χ2v) is 11.1. The van der Waals surface area contributed by atoms with Crippen molar-refractivity contribution in [1.29, 1.82) is 0 Å². The fourth-order valence-electron chi connectivity index (χ4n) is 4.18. The number of carbonyl (C=O) groups is 5. The predicted molar refractivity (Wildman–Crippen MR) is 161 cm³/mol. The number of esters is 1. The molecule has 0 aliphatic carbocycles. The number of benzene rings is 2. The van der Waals surface area contributed by atoms with Crippen LogP contribution in [0.4, 0.5) is 4.79 Å². The number of rotatable bonds is 16. The molecule has 0 spiro atoms. The Kier molecular flexibility index (Phi) is 18.4. The third-order valence-electron chi connectivity index (χ3n) is 6.25. The highest BCUT2D eigenvalue weighted by molar-refractivity contribution is 5.89. The largest absolute Gasteiger partial charge is 0.461 e. The van der Waals surface area contributed by atoms with Crippen molar-refractivity contribution in [2.45, 2.75) is 66.6 Å². The Labute approximate surface area is 258 Å². The second kappa shape index (κ2) is 21.4. The van der Waals surface area contributed by atoms with Crippen molar-refractivity contribution in [2.24, 2.45) is 23.7 Å². The average molecular weight is 616 g/mol. The molecule has 0 saturated carbocycles. The SMILES string of the molecule is CC(C)C[C@@H](CC(=O)CNC(=O)OCc1ccccc1)C(=O)NO.CC(C)C[C@@H](CC(=O)OCc1ccccc1)C(=O)NO. The van der Waals surface area contributed by atoms with Crippen molar-refractivity contribution >= 4 is 29.7 Å². The topological polar surface area (TPSA) is 180 Å². The number of carbonyl (C=O) groups excluding carboxylic acids is 5. The molecule has 2 aromatic rings. The third-order valence-corrected chi connectivity index (χ3v) is 6.25. The summed E-state index contributed by atoms with van der Waals surface area (Å²) in [5.74, 6) is -2.63. The molecule has 12 nitrogen and oxygen atoms in total. The van der Waals surface area contributed by atoms with Crippen LogP contribution in [-0.2, 0) is 41.9 Å². The van der Waals surface area contributed by atoms with Crippen LogP contribution in [0.5, 0.6) is 0 Å². The zero-order chi connectivity index (χ0) is 32.9. The van der Waals surface area contributed by atoms with E-state index in [1.165, 1.54) is 0 Å². The molecule has 0 unspecified atom stereocenters. The lowest BCUT2D eigenvalue weighted by Gasteiger charge is -2.16. The Morgan fingerprint density at radius 1 is 0.659 bits per heavy atom. The first-order valence-corrected chi connectivity index (χ1v) is 14.5. The minimum Gasteiger partial charge on any atom is -0.461 e. The van der Waals surface area contributed by atoms with E-state index in [1.807, 2.05) is 88.4 Å². The zero-order valence-electron chi connectivity index (χ0n) is 25.8. The molecule has 0 heterocycles. The molecule has 2 aromatic carbocycles. The van der Waals surface area contributed by atoms with Crippen LogP contribution in [0.2, 0.25) is 0 Å². The molecule has 242 valence electrons. The van der Waals surface area contributed by atoms with Crippen molar-refractivity contribution in [3.63, 3.8) is 0 Å². The summed E-state index contributed by atoms with van der Waals surface area (Å²) in [6, 6.07) is 18.5. The number of hydroxylamine groups is 2. The summed E-state index contributed by atoms with van der Waals surface area (Å²) in [5.41, 5.74) is 4.92. The monoisotopic (exact) mass is 615 g/mol. The number of ether oxygens (including phenoxy) is 2. The zero-order valence-corrected chi connectivity index (χ0v) is 25.8. The Morgan fingerprint density at radius 2 is 1.09 bits per heavy atom. The van der Waals surface area contributed by atoms with Crippen LogP contribution in [0, 0.1) is 23.7 Å². The summed E-state index contributed by atoms with van der Waals surface area (Å²) >= 11 is 0. The summed E-state index contributed by atoms with van der Waals surface area (Å²) in [7, 11) is 0. The van der Waals surface area contributed by atoms with Crippen molar-refractivity contribution in [2.75, 3.05) is 6.54 Å². The van der Waals surface area contributed by atoms with Crippen LogP contribution in [0.3, 0.4) is 0 Å². The van der Waals surface area contributed by atoms with E-state index in [2.05, 4.69) is 5.32 Å². The van der Waals surface area contributed by atoms with Crippen LogP contribution in [-0.4, -0.2) is 46.6 Å². The lowest BCUT2D eigenvalue weighted by molar-refractivity contribution is -0.149. The summed E-state index contributed by atoms with van der Waals surface area (Å²) in [4.78, 5) is 58.3.